The van der Waals surface area contributed by atoms with Gasteiger partial charge in [0.1, 0.15) is 0 Å². The van der Waals surface area contributed by atoms with E-state index in [1.54, 1.807) is 13.1 Å². The van der Waals surface area contributed by atoms with Crippen LogP contribution in [-0.2, 0) is 0 Å². The van der Waals surface area contributed by atoms with Crippen LogP contribution in [-0.4, -0.2) is 7.05 Å². The molecular weight excluding hydrogens is 285 g/mol. The molecule has 1 aromatic rings. The maximum absolute atomic E-state index is 6.06. The minimum Gasteiger partial charge on any atom is -0.386 e. The molecule has 0 amide bonds. The molecular formula is C10H10BrCl2N. The average molecular weight is 295 g/mol. The monoisotopic (exact) mass is 293 g/mol. The smallest absolute Gasteiger partial charge is 0.0830 e. The minimum absolute atomic E-state index is 0.521. The summed E-state index contributed by atoms with van der Waals surface area (Å²) < 4.78 is 0.892. The summed E-state index contributed by atoms with van der Waals surface area (Å²) in [4.78, 5) is 0. The predicted molar refractivity (Wildman–Crippen MR) is 68.4 cm³/mol. The van der Waals surface area contributed by atoms with Crippen LogP contribution in [0.5, 0.6) is 0 Å². The molecule has 0 atom stereocenters. The van der Waals surface area contributed by atoms with Gasteiger partial charge in [0, 0.05) is 17.1 Å². The maximum Gasteiger partial charge on any atom is 0.0830 e. The third-order valence-electron chi connectivity index (χ3n) is 1.85. The summed E-state index contributed by atoms with van der Waals surface area (Å²) in [5.74, 6) is 0. The molecule has 14 heavy (non-hydrogen) atoms. The first-order chi connectivity index (χ1) is 6.49. The van der Waals surface area contributed by atoms with Crippen molar-refractivity contribution < 1.29 is 0 Å². The molecule has 0 heterocycles. The van der Waals surface area contributed by atoms with Gasteiger partial charge in [-0.15, -0.1) is 0 Å². The molecule has 4 heteroatoms. The molecule has 1 N–H and O–H groups in total. The number of anilines is 1. The highest BCUT2D eigenvalue weighted by Gasteiger charge is 2.13. The van der Waals surface area contributed by atoms with Gasteiger partial charge in [0.05, 0.1) is 15.7 Å². The number of benzene rings is 1. The van der Waals surface area contributed by atoms with Crippen molar-refractivity contribution in [1.29, 1.82) is 0 Å². The van der Waals surface area contributed by atoms with Gasteiger partial charge in [-0.2, -0.15) is 0 Å². The van der Waals surface area contributed by atoms with Crippen LogP contribution in [0, 0.1) is 0 Å². The van der Waals surface area contributed by atoms with Crippen LogP contribution in [0.3, 0.4) is 0 Å². The van der Waals surface area contributed by atoms with E-state index in [2.05, 4.69) is 27.8 Å². The van der Waals surface area contributed by atoms with E-state index in [-0.39, 0.29) is 0 Å². The molecule has 0 radical (unpaired) electrons. The SMILES string of the molecule is C=C(C)c1c(Br)cc(Cl)c(Cl)c1NC. The zero-order valence-corrected chi connectivity index (χ0v) is 11.0. The molecule has 0 spiro atoms. The molecule has 0 aliphatic carbocycles. The lowest BCUT2D eigenvalue weighted by atomic mass is 10.1. The largest absolute Gasteiger partial charge is 0.386 e. The van der Waals surface area contributed by atoms with Crippen LogP contribution in [0.1, 0.15) is 12.5 Å². The van der Waals surface area contributed by atoms with Crippen molar-refractivity contribution in [3.05, 3.63) is 32.7 Å². The van der Waals surface area contributed by atoms with Gasteiger partial charge in [-0.1, -0.05) is 45.7 Å². The van der Waals surface area contributed by atoms with E-state index in [4.69, 9.17) is 23.2 Å². The topological polar surface area (TPSA) is 12.0 Å². The minimum atomic E-state index is 0.521. The van der Waals surface area contributed by atoms with Crippen molar-refractivity contribution >= 4 is 50.4 Å². The fraction of sp³-hybridized carbons (Fsp3) is 0.200. The maximum atomic E-state index is 6.06. The Labute approximate surface area is 102 Å². The number of halogens is 3. The molecule has 0 fully saturated rings. The summed E-state index contributed by atoms with van der Waals surface area (Å²) >= 11 is 15.4. The Morgan fingerprint density at radius 2 is 2.07 bits per heavy atom. The number of rotatable bonds is 2. The van der Waals surface area contributed by atoms with Crippen LogP contribution in [0.15, 0.2) is 17.1 Å². The standard InChI is InChI=1S/C10H10BrCl2N/c1-5(2)8-6(11)4-7(12)9(13)10(8)14-3/h4,14H,1H2,2-3H3. The molecule has 0 unspecified atom stereocenters. The summed E-state index contributed by atoms with van der Waals surface area (Å²) in [5.41, 5.74) is 2.69. The van der Waals surface area contributed by atoms with Gasteiger partial charge in [0.25, 0.3) is 0 Å². The molecule has 1 nitrogen and oxygen atoms in total. The predicted octanol–water partition coefficient (Wildman–Crippen LogP) is 4.83. The van der Waals surface area contributed by atoms with Crippen LogP contribution in [0.25, 0.3) is 5.57 Å². The summed E-state index contributed by atoms with van der Waals surface area (Å²) in [7, 11) is 1.80. The first kappa shape index (κ1) is 11.9. The van der Waals surface area contributed by atoms with Crippen LogP contribution >= 0.6 is 39.1 Å². The highest BCUT2D eigenvalue weighted by atomic mass is 79.9. The van der Waals surface area contributed by atoms with Gasteiger partial charge in [0.15, 0.2) is 0 Å². The number of hydrogen-bond donors (Lipinski definition) is 1. The van der Waals surface area contributed by atoms with Crippen molar-refractivity contribution in [2.45, 2.75) is 6.92 Å². The summed E-state index contributed by atoms with van der Waals surface area (Å²) in [5, 5.41) is 4.06. The van der Waals surface area contributed by atoms with Crippen molar-refractivity contribution in [1.82, 2.24) is 0 Å². The normalized spacial score (nSPS) is 10.1. The number of nitrogens with one attached hydrogen (secondary N) is 1. The van der Waals surface area contributed by atoms with Gasteiger partial charge in [-0.05, 0) is 18.6 Å². The van der Waals surface area contributed by atoms with Gasteiger partial charge in [-0.3, -0.25) is 0 Å². The van der Waals surface area contributed by atoms with Crippen LogP contribution in [0.2, 0.25) is 10.0 Å². The first-order valence-electron chi connectivity index (χ1n) is 4.00. The fourth-order valence-corrected chi connectivity index (χ4v) is 2.59. The molecule has 0 saturated carbocycles. The van der Waals surface area contributed by atoms with E-state index < -0.39 is 0 Å². The second-order valence-electron chi connectivity index (χ2n) is 2.93. The van der Waals surface area contributed by atoms with E-state index >= 15 is 0 Å². The van der Waals surface area contributed by atoms with Gasteiger partial charge >= 0.3 is 0 Å². The zero-order valence-electron chi connectivity index (χ0n) is 7.92. The van der Waals surface area contributed by atoms with Gasteiger partial charge in [-0.25, -0.2) is 0 Å². The lowest BCUT2D eigenvalue weighted by molar-refractivity contribution is 1.45. The Kier molecular flexibility index (Phi) is 3.87. The number of hydrogen-bond acceptors (Lipinski definition) is 1. The lowest BCUT2D eigenvalue weighted by Crippen LogP contribution is -1.96. The Morgan fingerprint density at radius 3 is 2.50 bits per heavy atom. The highest BCUT2D eigenvalue weighted by molar-refractivity contribution is 9.10. The lowest BCUT2D eigenvalue weighted by Gasteiger charge is -2.14. The van der Waals surface area contributed by atoms with Crippen molar-refractivity contribution in [2.75, 3.05) is 12.4 Å². The van der Waals surface area contributed by atoms with Gasteiger partial charge in [0.2, 0.25) is 0 Å². The molecule has 0 aliphatic heterocycles. The van der Waals surface area contributed by atoms with Crippen molar-refractivity contribution in [3.63, 3.8) is 0 Å². The third kappa shape index (κ3) is 2.08. The third-order valence-corrected chi connectivity index (χ3v) is 3.26. The quantitative estimate of drug-likeness (QED) is 0.770. The van der Waals surface area contributed by atoms with Crippen molar-refractivity contribution in [3.8, 4) is 0 Å². The molecule has 0 saturated heterocycles. The molecule has 1 rings (SSSR count). The zero-order chi connectivity index (χ0) is 10.9. The fourth-order valence-electron chi connectivity index (χ4n) is 1.25. The second kappa shape index (κ2) is 4.56. The Morgan fingerprint density at radius 1 is 1.50 bits per heavy atom. The Hall–Kier alpha value is -0.180. The first-order valence-corrected chi connectivity index (χ1v) is 5.55. The molecule has 76 valence electrons. The van der Waals surface area contributed by atoms with E-state index in [0.717, 1.165) is 21.3 Å². The summed E-state index contributed by atoms with van der Waals surface area (Å²) in [6, 6.07) is 1.77. The molecule has 0 aliphatic rings. The Balaban J connectivity index is 3.55. The molecule has 0 aromatic heterocycles. The molecule has 1 aromatic carbocycles. The Bertz CT molecular complexity index is 388. The summed E-state index contributed by atoms with van der Waals surface area (Å²) in [6.07, 6.45) is 0. The van der Waals surface area contributed by atoms with Crippen LogP contribution in [0.4, 0.5) is 5.69 Å². The average Bonchev–Trinajstić information content (AvgIpc) is 2.09. The van der Waals surface area contributed by atoms with E-state index in [9.17, 15) is 0 Å². The van der Waals surface area contributed by atoms with Gasteiger partial charge < -0.3 is 5.32 Å². The summed E-state index contributed by atoms with van der Waals surface area (Å²) in [6.45, 7) is 5.82. The van der Waals surface area contributed by atoms with E-state index in [1.165, 1.54) is 0 Å². The molecule has 0 bridgehead atoms. The second-order valence-corrected chi connectivity index (χ2v) is 4.57. The number of allylic oxidation sites excluding steroid dienone is 1. The highest BCUT2D eigenvalue weighted by Crippen LogP contribution is 2.40. The van der Waals surface area contributed by atoms with E-state index in [1.807, 2.05) is 6.92 Å². The van der Waals surface area contributed by atoms with E-state index in [0.29, 0.717) is 10.0 Å². The van der Waals surface area contributed by atoms with Crippen molar-refractivity contribution in [2.24, 2.45) is 0 Å². The van der Waals surface area contributed by atoms with Crippen LogP contribution < -0.4 is 5.32 Å².